The molecule has 20 heavy (non-hydrogen) atoms. The van der Waals surface area contributed by atoms with Gasteiger partial charge >= 0.3 is 11.9 Å². The fourth-order valence-electron chi connectivity index (χ4n) is 1.63. The summed E-state index contributed by atoms with van der Waals surface area (Å²) in [4.78, 5) is 22.6. The average Bonchev–Trinajstić information content (AvgIpc) is 2.74. The predicted molar refractivity (Wildman–Crippen MR) is 67.6 cm³/mol. The molecule has 0 aromatic heterocycles. The Morgan fingerprint density at radius 1 is 1.45 bits per heavy atom. The van der Waals surface area contributed by atoms with E-state index in [0.717, 1.165) is 6.07 Å². The summed E-state index contributed by atoms with van der Waals surface area (Å²) in [6, 6.07) is 3.49. The van der Waals surface area contributed by atoms with E-state index in [0.29, 0.717) is 0 Å². The highest BCUT2D eigenvalue weighted by molar-refractivity contribution is 7.89. The van der Waals surface area contributed by atoms with Crippen molar-refractivity contribution in [1.82, 2.24) is 0 Å². The summed E-state index contributed by atoms with van der Waals surface area (Å²) in [5.74, 6) is -1.48. The lowest BCUT2D eigenvalue weighted by atomic mass is 10.2. The van der Waals surface area contributed by atoms with Crippen LogP contribution in [0.5, 0.6) is 0 Å². The molecule has 0 unspecified atom stereocenters. The van der Waals surface area contributed by atoms with Gasteiger partial charge in [-0.05, 0) is 18.2 Å². The Labute approximate surface area is 119 Å². The smallest absolute Gasteiger partial charge is 0.347 e. The molecule has 7 nitrogen and oxygen atoms in total. The molecule has 0 radical (unpaired) electrons. The Morgan fingerprint density at radius 3 is 2.70 bits per heavy atom. The van der Waals surface area contributed by atoms with Gasteiger partial charge in [0.15, 0.2) is 0 Å². The number of hydrogen-bond acceptors (Lipinski definition) is 6. The van der Waals surface area contributed by atoms with Gasteiger partial charge in [0.25, 0.3) is 0 Å². The summed E-state index contributed by atoms with van der Waals surface area (Å²) < 4.78 is 32.2. The predicted octanol–water partition coefficient (Wildman–Crippen LogP) is 0.460. The molecular weight excluding hydrogens is 310 g/mol. The number of nitrogens with two attached hydrogens (primary N) is 1. The van der Waals surface area contributed by atoms with E-state index >= 15 is 0 Å². The second-order valence-electron chi connectivity index (χ2n) is 4.04. The summed E-state index contributed by atoms with van der Waals surface area (Å²) in [5.41, 5.74) is -0.0712. The molecule has 1 fully saturated rings. The van der Waals surface area contributed by atoms with Crippen LogP contribution in [0, 0.1) is 0 Å². The van der Waals surface area contributed by atoms with Crippen molar-refractivity contribution in [3.05, 3.63) is 28.8 Å². The Bertz CT molecular complexity index is 671. The number of ether oxygens (including phenoxy) is 2. The SMILES string of the molecule is NS(=O)(=O)c1cc(C(=O)O[C@@H]2CCOC2=O)ccc1Cl. The second-order valence-corrected chi connectivity index (χ2v) is 5.98. The monoisotopic (exact) mass is 319 g/mol. The van der Waals surface area contributed by atoms with E-state index in [9.17, 15) is 18.0 Å². The number of rotatable bonds is 3. The first-order valence-corrected chi connectivity index (χ1v) is 7.41. The van der Waals surface area contributed by atoms with Crippen molar-refractivity contribution in [1.29, 1.82) is 0 Å². The fraction of sp³-hybridized carbons (Fsp3) is 0.273. The molecule has 1 aromatic carbocycles. The van der Waals surface area contributed by atoms with Crippen LogP contribution in [-0.2, 0) is 24.3 Å². The molecule has 2 N–H and O–H groups in total. The molecule has 1 aliphatic rings. The number of esters is 2. The van der Waals surface area contributed by atoms with E-state index in [1.165, 1.54) is 12.1 Å². The lowest BCUT2D eigenvalue weighted by Gasteiger charge is -2.09. The number of sulfonamides is 1. The van der Waals surface area contributed by atoms with E-state index < -0.39 is 28.1 Å². The minimum atomic E-state index is -4.06. The van der Waals surface area contributed by atoms with Gasteiger partial charge in [-0.1, -0.05) is 11.6 Å². The average molecular weight is 320 g/mol. The molecule has 108 valence electrons. The van der Waals surface area contributed by atoms with E-state index in [1.807, 2.05) is 0 Å². The summed E-state index contributed by atoms with van der Waals surface area (Å²) in [5, 5.41) is 4.87. The standard InChI is InChI=1S/C11H10ClNO6S/c12-7-2-1-6(5-9(7)20(13,16)17)10(14)19-8-3-4-18-11(8)15/h1-2,5,8H,3-4H2,(H2,13,16,17)/t8-/m1/s1. The molecule has 0 aliphatic carbocycles. The van der Waals surface area contributed by atoms with E-state index in [1.54, 1.807) is 0 Å². The van der Waals surface area contributed by atoms with Gasteiger partial charge in [-0.2, -0.15) is 0 Å². The molecule has 0 bridgehead atoms. The zero-order valence-corrected chi connectivity index (χ0v) is 11.6. The molecule has 2 rings (SSSR count). The molecule has 1 aromatic rings. The molecule has 9 heteroatoms. The Hall–Kier alpha value is -1.64. The number of benzene rings is 1. The number of cyclic esters (lactones) is 1. The highest BCUT2D eigenvalue weighted by Gasteiger charge is 2.30. The molecule has 0 spiro atoms. The van der Waals surface area contributed by atoms with Crippen LogP contribution in [-0.4, -0.2) is 33.1 Å². The molecule has 0 saturated carbocycles. The normalized spacial score (nSPS) is 18.7. The van der Waals surface area contributed by atoms with Crippen molar-refractivity contribution in [2.75, 3.05) is 6.61 Å². The quantitative estimate of drug-likeness (QED) is 0.810. The van der Waals surface area contributed by atoms with Gasteiger partial charge in [0.05, 0.1) is 17.2 Å². The van der Waals surface area contributed by atoms with Crippen LogP contribution in [0.15, 0.2) is 23.1 Å². The summed E-state index contributed by atoms with van der Waals surface area (Å²) in [6.07, 6.45) is -0.712. The lowest BCUT2D eigenvalue weighted by molar-refractivity contribution is -0.145. The maximum atomic E-state index is 11.8. The van der Waals surface area contributed by atoms with E-state index in [2.05, 4.69) is 4.74 Å². The zero-order chi connectivity index (χ0) is 14.9. The number of carbonyl (C=O) groups is 2. The van der Waals surface area contributed by atoms with Crippen LogP contribution >= 0.6 is 11.6 Å². The molecule has 1 aliphatic heterocycles. The Balaban J connectivity index is 2.25. The second kappa shape index (κ2) is 5.39. The van der Waals surface area contributed by atoms with Crippen LogP contribution in [0.25, 0.3) is 0 Å². The van der Waals surface area contributed by atoms with Gasteiger partial charge in [-0.3, -0.25) is 0 Å². The fourth-order valence-corrected chi connectivity index (χ4v) is 2.70. The lowest BCUT2D eigenvalue weighted by Crippen LogP contribution is -2.23. The van der Waals surface area contributed by atoms with Crippen LogP contribution in [0.1, 0.15) is 16.8 Å². The van der Waals surface area contributed by atoms with Crippen molar-refractivity contribution in [2.45, 2.75) is 17.4 Å². The molecule has 1 atom stereocenters. The third-order valence-electron chi connectivity index (χ3n) is 2.61. The van der Waals surface area contributed by atoms with Crippen LogP contribution in [0.4, 0.5) is 0 Å². The van der Waals surface area contributed by atoms with Gasteiger partial charge in [-0.25, -0.2) is 23.1 Å². The zero-order valence-electron chi connectivity index (χ0n) is 10.0. The molecule has 0 amide bonds. The maximum Gasteiger partial charge on any atom is 0.347 e. The van der Waals surface area contributed by atoms with Crippen molar-refractivity contribution < 1.29 is 27.5 Å². The largest absolute Gasteiger partial charge is 0.463 e. The van der Waals surface area contributed by atoms with Gasteiger partial charge in [0.2, 0.25) is 16.1 Å². The number of primary sulfonamides is 1. The molecule has 1 heterocycles. The van der Waals surface area contributed by atoms with Crippen LogP contribution < -0.4 is 5.14 Å². The first-order chi connectivity index (χ1) is 9.29. The van der Waals surface area contributed by atoms with Crippen molar-refractivity contribution in [2.24, 2.45) is 5.14 Å². The highest BCUT2D eigenvalue weighted by atomic mass is 35.5. The third kappa shape index (κ3) is 3.09. The van der Waals surface area contributed by atoms with Gasteiger partial charge in [0, 0.05) is 6.42 Å². The van der Waals surface area contributed by atoms with Crippen LogP contribution in [0.2, 0.25) is 5.02 Å². The van der Waals surface area contributed by atoms with E-state index in [4.69, 9.17) is 21.5 Å². The summed E-state index contributed by atoms with van der Waals surface area (Å²) in [6.45, 7) is 0.180. The number of hydrogen-bond donors (Lipinski definition) is 1. The summed E-state index contributed by atoms with van der Waals surface area (Å²) >= 11 is 5.69. The minimum Gasteiger partial charge on any atom is -0.463 e. The van der Waals surface area contributed by atoms with Crippen LogP contribution in [0.3, 0.4) is 0 Å². The minimum absolute atomic E-state index is 0.0712. The van der Waals surface area contributed by atoms with E-state index in [-0.39, 0.29) is 28.5 Å². The third-order valence-corrected chi connectivity index (χ3v) is 4.00. The molecular formula is C11H10ClNO6S. The first-order valence-electron chi connectivity index (χ1n) is 5.49. The Morgan fingerprint density at radius 2 is 2.15 bits per heavy atom. The van der Waals surface area contributed by atoms with Crippen molar-refractivity contribution >= 4 is 33.6 Å². The number of halogens is 1. The summed E-state index contributed by atoms with van der Waals surface area (Å²) in [7, 11) is -4.06. The maximum absolute atomic E-state index is 11.8. The van der Waals surface area contributed by atoms with Gasteiger partial charge in [-0.15, -0.1) is 0 Å². The van der Waals surface area contributed by atoms with Crippen molar-refractivity contribution in [3.63, 3.8) is 0 Å². The number of carbonyl (C=O) groups excluding carboxylic acids is 2. The first kappa shape index (κ1) is 14.8. The highest BCUT2D eigenvalue weighted by Crippen LogP contribution is 2.22. The molecule has 1 saturated heterocycles. The topological polar surface area (TPSA) is 113 Å². The van der Waals surface area contributed by atoms with Gasteiger partial charge in [0.1, 0.15) is 4.90 Å². The Kier molecular flexibility index (Phi) is 3.98. The van der Waals surface area contributed by atoms with Crippen molar-refractivity contribution in [3.8, 4) is 0 Å². The van der Waals surface area contributed by atoms with Gasteiger partial charge < -0.3 is 9.47 Å².